The Kier molecular flexibility index (Phi) is 4.27. The Balaban J connectivity index is 2.28. The molecule has 0 aromatic carbocycles. The summed E-state index contributed by atoms with van der Waals surface area (Å²) < 4.78 is 10.3. The molecule has 0 unspecified atom stereocenters. The van der Waals surface area contributed by atoms with Crippen LogP contribution in [0.1, 0.15) is 6.92 Å². The van der Waals surface area contributed by atoms with Crippen LogP contribution in [0, 0.1) is 0 Å². The Labute approximate surface area is 81.8 Å². The van der Waals surface area contributed by atoms with Crippen LogP contribution >= 0.6 is 0 Å². The summed E-state index contributed by atoms with van der Waals surface area (Å²) in [6, 6.07) is -0.683. The molecule has 0 amide bonds. The highest BCUT2D eigenvalue weighted by atomic mass is 16.6. The van der Waals surface area contributed by atoms with Crippen molar-refractivity contribution in [2.24, 2.45) is 0 Å². The van der Waals surface area contributed by atoms with Gasteiger partial charge in [-0.15, -0.1) is 0 Å². The Morgan fingerprint density at radius 2 is 2.36 bits per heavy atom. The van der Waals surface area contributed by atoms with Crippen LogP contribution in [0.25, 0.3) is 0 Å². The van der Waals surface area contributed by atoms with Gasteiger partial charge in [0.1, 0.15) is 12.3 Å². The van der Waals surface area contributed by atoms with Crippen LogP contribution < -0.4 is 5.32 Å². The molecule has 0 aromatic heterocycles. The first-order chi connectivity index (χ1) is 6.65. The summed E-state index contributed by atoms with van der Waals surface area (Å²) in [5.74, 6) is -0.929. The minimum Gasteiger partial charge on any atom is -0.480 e. The molecule has 1 heterocycles. The van der Waals surface area contributed by atoms with Gasteiger partial charge in [0, 0.05) is 0 Å². The summed E-state index contributed by atoms with van der Waals surface area (Å²) in [4.78, 5) is 10.7. The number of aliphatic hydroxyl groups excluding tert-OH is 1. The third-order valence-corrected chi connectivity index (χ3v) is 1.98. The number of rotatable bonds is 5. The predicted molar refractivity (Wildman–Crippen MR) is 46.8 cm³/mol. The standard InChI is InChI=1S/C8H15NO5/c1-5-7(8(11)12)9-6(14-5)4-13-3-2-10/h5-7,9-10H,2-4H2,1H3,(H,11,12)/t5-,6+,7+/m1/s1. The summed E-state index contributed by atoms with van der Waals surface area (Å²) in [7, 11) is 0. The zero-order valence-electron chi connectivity index (χ0n) is 7.97. The van der Waals surface area contributed by atoms with Crippen molar-refractivity contribution in [1.82, 2.24) is 5.32 Å². The van der Waals surface area contributed by atoms with Crippen molar-refractivity contribution in [1.29, 1.82) is 0 Å². The molecule has 3 N–H and O–H groups in total. The molecule has 0 radical (unpaired) electrons. The van der Waals surface area contributed by atoms with E-state index in [-0.39, 0.29) is 25.9 Å². The molecular weight excluding hydrogens is 190 g/mol. The second-order valence-electron chi connectivity index (χ2n) is 3.11. The lowest BCUT2D eigenvalue weighted by Crippen LogP contribution is -2.40. The topological polar surface area (TPSA) is 88.0 Å². The van der Waals surface area contributed by atoms with Crippen molar-refractivity contribution < 1.29 is 24.5 Å². The molecule has 6 nitrogen and oxygen atoms in total. The van der Waals surface area contributed by atoms with Crippen molar-refractivity contribution in [3.63, 3.8) is 0 Å². The highest BCUT2D eigenvalue weighted by Gasteiger charge is 2.36. The van der Waals surface area contributed by atoms with E-state index < -0.39 is 18.2 Å². The van der Waals surface area contributed by atoms with Gasteiger partial charge in [0.15, 0.2) is 0 Å². The van der Waals surface area contributed by atoms with Gasteiger partial charge in [-0.05, 0) is 6.92 Å². The van der Waals surface area contributed by atoms with E-state index in [1.165, 1.54) is 0 Å². The molecule has 1 fully saturated rings. The highest BCUT2D eigenvalue weighted by molar-refractivity contribution is 5.74. The van der Waals surface area contributed by atoms with Crippen LogP contribution in [0.4, 0.5) is 0 Å². The Bertz CT molecular complexity index is 198. The van der Waals surface area contributed by atoms with Gasteiger partial charge in [0.25, 0.3) is 0 Å². The van der Waals surface area contributed by atoms with Gasteiger partial charge in [-0.25, -0.2) is 0 Å². The van der Waals surface area contributed by atoms with E-state index >= 15 is 0 Å². The maximum atomic E-state index is 10.7. The van der Waals surface area contributed by atoms with E-state index in [0.29, 0.717) is 0 Å². The van der Waals surface area contributed by atoms with Crippen molar-refractivity contribution >= 4 is 5.97 Å². The number of carbonyl (C=O) groups is 1. The average Bonchev–Trinajstić information content (AvgIpc) is 2.47. The average molecular weight is 205 g/mol. The van der Waals surface area contributed by atoms with E-state index in [9.17, 15) is 4.79 Å². The number of ether oxygens (including phenoxy) is 2. The summed E-state index contributed by atoms with van der Waals surface area (Å²) >= 11 is 0. The first-order valence-electron chi connectivity index (χ1n) is 4.48. The first-order valence-corrected chi connectivity index (χ1v) is 4.48. The third kappa shape index (κ3) is 2.91. The number of aliphatic hydroxyl groups is 1. The van der Waals surface area contributed by atoms with Gasteiger partial charge in [-0.2, -0.15) is 0 Å². The fourth-order valence-electron chi connectivity index (χ4n) is 1.33. The molecule has 1 saturated heterocycles. The molecule has 0 aromatic rings. The van der Waals surface area contributed by atoms with Gasteiger partial charge in [-0.3, -0.25) is 10.1 Å². The van der Waals surface area contributed by atoms with Crippen LogP contribution in [0.15, 0.2) is 0 Å². The molecule has 82 valence electrons. The van der Waals surface area contributed by atoms with Gasteiger partial charge >= 0.3 is 5.97 Å². The molecule has 14 heavy (non-hydrogen) atoms. The molecule has 3 atom stereocenters. The molecule has 1 aliphatic heterocycles. The number of carboxylic acids is 1. The molecule has 0 saturated carbocycles. The van der Waals surface area contributed by atoms with E-state index in [4.69, 9.17) is 19.7 Å². The van der Waals surface area contributed by atoms with Gasteiger partial charge in [-0.1, -0.05) is 0 Å². The number of nitrogens with one attached hydrogen (secondary N) is 1. The fraction of sp³-hybridized carbons (Fsp3) is 0.875. The minimum atomic E-state index is -0.929. The predicted octanol–water partition coefficient (Wildman–Crippen LogP) is -1.22. The van der Waals surface area contributed by atoms with Crippen LogP contribution in [-0.2, 0) is 14.3 Å². The smallest absolute Gasteiger partial charge is 0.323 e. The normalized spacial score (nSPS) is 32.0. The van der Waals surface area contributed by atoms with Crippen LogP contribution in [0.3, 0.4) is 0 Å². The number of hydrogen-bond donors (Lipinski definition) is 3. The summed E-state index contributed by atoms with van der Waals surface area (Å²) in [6.45, 7) is 2.12. The van der Waals surface area contributed by atoms with Crippen LogP contribution in [0.5, 0.6) is 0 Å². The molecule has 6 heteroatoms. The Hall–Kier alpha value is -0.690. The van der Waals surface area contributed by atoms with Crippen LogP contribution in [-0.4, -0.2) is 54.4 Å². The lowest BCUT2D eigenvalue weighted by molar-refractivity contribution is -0.140. The second-order valence-corrected chi connectivity index (χ2v) is 3.11. The third-order valence-electron chi connectivity index (χ3n) is 1.98. The number of aliphatic carboxylic acids is 1. The molecule has 1 aliphatic rings. The van der Waals surface area contributed by atoms with Crippen molar-refractivity contribution in [3.05, 3.63) is 0 Å². The largest absolute Gasteiger partial charge is 0.480 e. The molecular formula is C8H15NO5. The highest BCUT2D eigenvalue weighted by Crippen LogP contribution is 2.12. The summed E-state index contributed by atoms with van der Waals surface area (Å²) in [6.07, 6.45) is -0.770. The Morgan fingerprint density at radius 1 is 1.64 bits per heavy atom. The first kappa shape index (κ1) is 11.4. The Morgan fingerprint density at radius 3 is 2.86 bits per heavy atom. The zero-order chi connectivity index (χ0) is 10.6. The van der Waals surface area contributed by atoms with E-state index in [1.54, 1.807) is 6.92 Å². The van der Waals surface area contributed by atoms with Gasteiger partial charge in [0.2, 0.25) is 0 Å². The van der Waals surface area contributed by atoms with Crippen LogP contribution in [0.2, 0.25) is 0 Å². The maximum Gasteiger partial charge on any atom is 0.323 e. The molecule has 1 rings (SSSR count). The lowest BCUT2D eigenvalue weighted by atomic mass is 10.2. The van der Waals surface area contributed by atoms with Gasteiger partial charge < -0.3 is 19.7 Å². The molecule has 0 spiro atoms. The second kappa shape index (κ2) is 5.26. The van der Waals surface area contributed by atoms with E-state index in [1.807, 2.05) is 0 Å². The van der Waals surface area contributed by atoms with Crippen molar-refractivity contribution in [2.45, 2.75) is 25.3 Å². The summed E-state index contributed by atoms with van der Waals surface area (Å²) in [5.41, 5.74) is 0. The lowest BCUT2D eigenvalue weighted by Gasteiger charge is -2.10. The number of hydrogen-bond acceptors (Lipinski definition) is 5. The van der Waals surface area contributed by atoms with E-state index in [0.717, 1.165) is 0 Å². The minimum absolute atomic E-state index is 0.0510. The maximum absolute atomic E-state index is 10.7. The zero-order valence-corrected chi connectivity index (χ0v) is 7.97. The van der Waals surface area contributed by atoms with Crippen molar-refractivity contribution in [3.8, 4) is 0 Å². The monoisotopic (exact) mass is 205 g/mol. The van der Waals surface area contributed by atoms with E-state index in [2.05, 4.69) is 5.32 Å². The quantitative estimate of drug-likeness (QED) is 0.488. The summed E-state index contributed by atoms with van der Waals surface area (Å²) in [5, 5.41) is 20.0. The molecule has 0 bridgehead atoms. The van der Waals surface area contributed by atoms with Crippen molar-refractivity contribution in [2.75, 3.05) is 19.8 Å². The fourth-order valence-corrected chi connectivity index (χ4v) is 1.33. The SMILES string of the molecule is C[C@H]1O[C@@H](COCCO)N[C@@H]1C(=O)O. The van der Waals surface area contributed by atoms with Gasteiger partial charge in [0.05, 0.1) is 25.9 Å². The number of carboxylic acid groups (broad SMARTS) is 1. The molecule has 0 aliphatic carbocycles.